The van der Waals surface area contributed by atoms with Gasteiger partial charge in [-0.1, -0.05) is 12.5 Å². The lowest BCUT2D eigenvalue weighted by Gasteiger charge is -2.55. The number of hydrogen-bond donors (Lipinski definition) is 1. The molecule has 1 N–H and O–H groups in total. The van der Waals surface area contributed by atoms with Crippen LogP contribution in [0.4, 0.5) is 0 Å². The summed E-state index contributed by atoms with van der Waals surface area (Å²) >= 11 is 0. The number of ketones is 2. The molecule has 5 aliphatic rings. The van der Waals surface area contributed by atoms with E-state index in [0.29, 0.717) is 35.9 Å². The van der Waals surface area contributed by atoms with Gasteiger partial charge in [-0.2, -0.15) is 0 Å². The first-order chi connectivity index (χ1) is 15.3. The van der Waals surface area contributed by atoms with Gasteiger partial charge in [-0.3, -0.25) is 9.59 Å². The van der Waals surface area contributed by atoms with Crippen molar-refractivity contribution in [1.29, 1.82) is 0 Å². The Kier molecular flexibility index (Phi) is 4.47. The van der Waals surface area contributed by atoms with E-state index in [1.807, 2.05) is 19.1 Å². The third-order valence-electron chi connectivity index (χ3n) is 9.71. The molecule has 0 spiro atoms. The molecule has 6 heteroatoms. The second-order valence-corrected chi connectivity index (χ2v) is 10.9. The van der Waals surface area contributed by atoms with Crippen molar-refractivity contribution in [3.63, 3.8) is 0 Å². The molecule has 8 atom stereocenters. The lowest BCUT2D eigenvalue weighted by atomic mass is 9.50. The summed E-state index contributed by atoms with van der Waals surface area (Å²) in [6, 6.07) is 3.61. The van der Waals surface area contributed by atoms with Crippen LogP contribution in [0.25, 0.3) is 0 Å². The molecule has 0 amide bonds. The van der Waals surface area contributed by atoms with E-state index in [4.69, 9.17) is 13.9 Å². The maximum Gasteiger partial charge on any atom is 0.226 e. The summed E-state index contributed by atoms with van der Waals surface area (Å²) in [5.74, 6) is 1.23. The highest BCUT2D eigenvalue weighted by Gasteiger charge is 2.76. The summed E-state index contributed by atoms with van der Waals surface area (Å²) in [5, 5.41) is 10.0. The van der Waals surface area contributed by atoms with Crippen molar-refractivity contribution in [2.75, 3.05) is 6.61 Å². The van der Waals surface area contributed by atoms with Crippen LogP contribution in [0, 0.1) is 29.1 Å². The fourth-order valence-corrected chi connectivity index (χ4v) is 8.40. The van der Waals surface area contributed by atoms with Crippen LogP contribution in [-0.2, 0) is 24.8 Å². The molecular weight excluding hydrogens is 408 g/mol. The first-order valence-corrected chi connectivity index (χ1v) is 12.1. The van der Waals surface area contributed by atoms with E-state index in [2.05, 4.69) is 6.92 Å². The quantitative estimate of drug-likeness (QED) is 0.767. The SMILES string of the molecule is C[C@@]1(c2ccco2)O[C@@H]2C[C@H]3[C@@H]4CCC5=CC(=O)CC[C@@H]5[C@H]4CC[C@]3(C)[C@]2(C(=O)CO)O1. The minimum atomic E-state index is -1.17. The number of carbonyl (C=O) groups excluding carboxylic acids is 2. The van der Waals surface area contributed by atoms with Crippen molar-refractivity contribution in [3.05, 3.63) is 35.8 Å². The highest BCUT2D eigenvalue weighted by Crippen LogP contribution is 2.69. The minimum Gasteiger partial charge on any atom is -0.464 e. The van der Waals surface area contributed by atoms with Gasteiger partial charge in [0, 0.05) is 11.8 Å². The van der Waals surface area contributed by atoms with E-state index in [1.165, 1.54) is 5.57 Å². The Morgan fingerprint density at radius 1 is 1.19 bits per heavy atom. The summed E-state index contributed by atoms with van der Waals surface area (Å²) < 4.78 is 18.8. The van der Waals surface area contributed by atoms with Crippen LogP contribution in [0.1, 0.15) is 64.6 Å². The molecule has 6 nitrogen and oxygen atoms in total. The summed E-state index contributed by atoms with van der Waals surface area (Å²) in [7, 11) is 0. The van der Waals surface area contributed by atoms with Crippen LogP contribution in [-0.4, -0.2) is 35.0 Å². The normalized spacial score (nSPS) is 47.3. The Morgan fingerprint density at radius 3 is 2.78 bits per heavy atom. The third-order valence-corrected chi connectivity index (χ3v) is 9.71. The van der Waals surface area contributed by atoms with Crippen LogP contribution in [0.5, 0.6) is 0 Å². The Bertz CT molecular complexity index is 980. The molecule has 0 unspecified atom stereocenters. The maximum atomic E-state index is 13.4. The number of ether oxygens (including phenoxy) is 2. The van der Waals surface area contributed by atoms with E-state index < -0.39 is 29.5 Å². The molecule has 32 heavy (non-hydrogen) atoms. The topological polar surface area (TPSA) is 86.0 Å². The summed E-state index contributed by atoms with van der Waals surface area (Å²) in [5.41, 5.74) is -0.227. The molecule has 3 saturated carbocycles. The van der Waals surface area contributed by atoms with Gasteiger partial charge in [-0.25, -0.2) is 0 Å². The van der Waals surface area contributed by atoms with Gasteiger partial charge in [-0.15, -0.1) is 0 Å². The predicted molar refractivity (Wildman–Crippen MR) is 114 cm³/mol. The highest BCUT2D eigenvalue weighted by molar-refractivity contribution is 5.92. The second-order valence-electron chi connectivity index (χ2n) is 10.9. The zero-order chi connectivity index (χ0) is 22.3. The molecule has 1 aliphatic heterocycles. The van der Waals surface area contributed by atoms with Crippen molar-refractivity contribution in [1.82, 2.24) is 0 Å². The zero-order valence-electron chi connectivity index (χ0n) is 18.8. The highest BCUT2D eigenvalue weighted by atomic mass is 16.8. The van der Waals surface area contributed by atoms with Crippen molar-refractivity contribution >= 4 is 11.6 Å². The summed E-state index contributed by atoms with van der Waals surface area (Å²) in [4.78, 5) is 25.4. The first kappa shape index (κ1) is 20.8. The third kappa shape index (κ3) is 2.52. The van der Waals surface area contributed by atoms with E-state index in [1.54, 1.807) is 12.3 Å². The average Bonchev–Trinajstić information content (AvgIpc) is 3.47. The number of rotatable bonds is 3. The van der Waals surface area contributed by atoms with Crippen LogP contribution < -0.4 is 0 Å². The molecule has 0 aromatic carbocycles. The van der Waals surface area contributed by atoms with Crippen molar-refractivity contribution < 1.29 is 28.6 Å². The fraction of sp³-hybridized carbons (Fsp3) is 0.692. The second kappa shape index (κ2) is 6.87. The molecule has 4 aliphatic carbocycles. The van der Waals surface area contributed by atoms with E-state index >= 15 is 0 Å². The Hall–Kier alpha value is -1.76. The number of allylic oxidation sites excluding steroid dienone is 1. The van der Waals surface area contributed by atoms with Crippen LogP contribution in [0.15, 0.2) is 34.5 Å². The summed E-state index contributed by atoms with van der Waals surface area (Å²) in [6.07, 6.45) is 9.36. The van der Waals surface area contributed by atoms with Crippen LogP contribution in [0.2, 0.25) is 0 Å². The average molecular weight is 441 g/mol. The van der Waals surface area contributed by atoms with Gasteiger partial charge in [-0.05, 0) is 87.3 Å². The van der Waals surface area contributed by atoms with Crippen molar-refractivity contribution in [3.8, 4) is 0 Å². The molecule has 1 aromatic heterocycles. The van der Waals surface area contributed by atoms with Gasteiger partial charge >= 0.3 is 0 Å². The Balaban J connectivity index is 1.38. The van der Waals surface area contributed by atoms with Gasteiger partial charge in [0.1, 0.15) is 6.61 Å². The number of fused-ring (bicyclic) bond motifs is 7. The molecule has 1 aromatic rings. The number of aliphatic hydroxyl groups is 1. The van der Waals surface area contributed by atoms with Gasteiger partial charge in [0.2, 0.25) is 5.79 Å². The zero-order valence-corrected chi connectivity index (χ0v) is 18.8. The number of aliphatic hydroxyl groups excluding tert-OH is 1. The number of Topliss-reactive ketones (excluding diaryl/α,β-unsaturated/α-hetero) is 1. The molecule has 1 saturated heterocycles. The smallest absolute Gasteiger partial charge is 0.226 e. The van der Waals surface area contributed by atoms with Gasteiger partial charge in [0.05, 0.1) is 12.4 Å². The standard InChI is InChI=1S/C26H32O6/c1-24-10-9-18-17-8-6-16(28)12-15(17)5-7-19(18)20(24)13-23-26(24,21(29)14-27)32-25(2,31-23)22-4-3-11-30-22/h3-4,11-12,17-20,23,27H,5-10,13-14H2,1-2H3/t17-,18+,19+,20-,23+,24-,25+,26+/m0/s1. The lowest BCUT2D eigenvalue weighted by molar-refractivity contribution is -0.234. The van der Waals surface area contributed by atoms with E-state index in [-0.39, 0.29) is 11.6 Å². The molecular formula is C26H32O6. The molecule has 2 heterocycles. The molecule has 0 radical (unpaired) electrons. The lowest BCUT2D eigenvalue weighted by Crippen LogP contribution is -2.60. The van der Waals surface area contributed by atoms with Gasteiger partial charge in [0.15, 0.2) is 22.9 Å². The molecule has 0 bridgehead atoms. The molecule has 4 fully saturated rings. The summed E-state index contributed by atoms with van der Waals surface area (Å²) in [6.45, 7) is 3.45. The Labute approximate surface area is 188 Å². The van der Waals surface area contributed by atoms with Crippen LogP contribution in [0.3, 0.4) is 0 Å². The first-order valence-electron chi connectivity index (χ1n) is 12.1. The molecule has 172 valence electrons. The van der Waals surface area contributed by atoms with Gasteiger partial charge in [0.25, 0.3) is 0 Å². The van der Waals surface area contributed by atoms with E-state index in [0.717, 1.165) is 38.5 Å². The van der Waals surface area contributed by atoms with Crippen LogP contribution >= 0.6 is 0 Å². The monoisotopic (exact) mass is 440 g/mol. The number of furan rings is 1. The predicted octanol–water partition coefficient (Wildman–Crippen LogP) is 3.92. The largest absolute Gasteiger partial charge is 0.464 e. The van der Waals surface area contributed by atoms with Crippen molar-refractivity contribution in [2.24, 2.45) is 29.1 Å². The number of carbonyl (C=O) groups is 2. The van der Waals surface area contributed by atoms with Gasteiger partial charge < -0.3 is 19.0 Å². The fourth-order valence-electron chi connectivity index (χ4n) is 8.40. The van der Waals surface area contributed by atoms with Crippen molar-refractivity contribution in [2.45, 2.75) is 76.3 Å². The number of hydrogen-bond acceptors (Lipinski definition) is 6. The molecule has 6 rings (SSSR count). The van der Waals surface area contributed by atoms with E-state index in [9.17, 15) is 14.7 Å². The maximum absolute atomic E-state index is 13.4. The Morgan fingerprint density at radius 2 is 2.03 bits per heavy atom. The minimum absolute atomic E-state index is 0.275.